The molecular weight excluding hydrogens is 1460 g/mol. The van der Waals surface area contributed by atoms with E-state index in [4.69, 9.17) is 171 Å². The van der Waals surface area contributed by atoms with E-state index in [1.165, 1.54) is 174 Å². The Labute approximate surface area is 636 Å². The molecule has 0 aromatic heterocycles. The number of esters is 2. The van der Waals surface area contributed by atoms with Crippen molar-refractivity contribution in [3.63, 3.8) is 0 Å². The lowest BCUT2D eigenvalue weighted by molar-refractivity contribution is -0.402. The molecule has 1 aromatic rings. The van der Waals surface area contributed by atoms with E-state index in [1.807, 2.05) is 0 Å². The van der Waals surface area contributed by atoms with Gasteiger partial charge in [0.1, 0.15) is 178 Å². The Morgan fingerprint density at radius 1 is 0.220 bits per heavy atom. The van der Waals surface area contributed by atoms with Crippen LogP contribution in [-0.2, 0) is 171 Å². The molecule has 0 saturated carbocycles. The van der Waals surface area contributed by atoms with Gasteiger partial charge >= 0.3 is 11.9 Å². The summed E-state index contributed by atoms with van der Waals surface area (Å²) in [5.74, 6) is -1.41. The van der Waals surface area contributed by atoms with Crippen LogP contribution in [0.25, 0.3) is 0 Å². The summed E-state index contributed by atoms with van der Waals surface area (Å²) in [5.41, 5.74) is 0.281. The zero-order chi connectivity index (χ0) is 78.8. The van der Waals surface area contributed by atoms with Crippen molar-refractivity contribution in [1.29, 1.82) is 0 Å². The molecule has 0 amide bonds. The molecule has 22 rings (SSSR count). The molecule has 14 bridgehead atoms. The second-order valence-corrected chi connectivity index (χ2v) is 26.7. The van der Waals surface area contributed by atoms with E-state index in [2.05, 4.69) is 0 Å². The highest BCUT2D eigenvalue weighted by atomic mass is 16.8. The molecular formula is C71H116O38. The van der Waals surface area contributed by atoms with Crippen molar-refractivity contribution in [2.75, 3.05) is 196 Å². The Bertz CT molecular complexity index is 2770. The maximum Gasteiger partial charge on any atom is 0.338 e. The second-order valence-electron chi connectivity index (χ2n) is 26.7. The average Bonchev–Trinajstić information content (AvgIpc) is 0.778. The lowest BCUT2D eigenvalue weighted by atomic mass is 9.94. The first-order valence-corrected chi connectivity index (χ1v) is 35.8. The van der Waals surface area contributed by atoms with Crippen LogP contribution in [0.1, 0.15) is 20.7 Å². The van der Waals surface area contributed by atoms with Gasteiger partial charge in [-0.15, -0.1) is 0 Å². The van der Waals surface area contributed by atoms with Gasteiger partial charge in [0.2, 0.25) is 0 Å². The van der Waals surface area contributed by atoms with Crippen LogP contribution in [0, 0.1) is 0 Å². The maximum atomic E-state index is 14.2. The van der Waals surface area contributed by atoms with E-state index >= 15 is 0 Å². The normalized spacial score (nSPS) is 42.4. The smallest absolute Gasteiger partial charge is 0.338 e. The summed E-state index contributed by atoms with van der Waals surface area (Å²) >= 11 is 0. The number of methoxy groups -OCH3 is 21. The van der Waals surface area contributed by atoms with Crippen molar-refractivity contribution >= 4 is 11.9 Å². The molecule has 109 heavy (non-hydrogen) atoms. The minimum atomic E-state index is -1.43. The predicted octanol–water partition coefficient (Wildman–Crippen LogP) is -0.497. The molecule has 21 aliphatic rings. The molecule has 0 spiro atoms. The van der Waals surface area contributed by atoms with Crippen LogP contribution in [0.4, 0.5) is 0 Å². The number of carbonyl (C=O) groups is 2. The fraction of sp³-hybridized carbons (Fsp3) is 0.887. The third-order valence-electron chi connectivity index (χ3n) is 20.9. The first-order valence-electron chi connectivity index (χ1n) is 35.8. The van der Waals surface area contributed by atoms with E-state index in [9.17, 15) is 9.59 Å². The fourth-order valence-electron chi connectivity index (χ4n) is 15.8. The third-order valence-corrected chi connectivity index (χ3v) is 20.9. The summed E-state index contributed by atoms with van der Waals surface area (Å²) in [6.07, 6.45) is -39.3. The number of benzene rings is 1. The highest BCUT2D eigenvalue weighted by molar-refractivity contribution is 5.93. The quantitative estimate of drug-likeness (QED) is 0.0877. The minimum absolute atomic E-state index is 0.0664. The number of rotatable bonds is 30. The maximum absolute atomic E-state index is 14.2. The monoisotopic (exact) mass is 1580 g/mol. The number of ether oxygens (including phenoxy) is 36. The van der Waals surface area contributed by atoms with E-state index in [-0.39, 0.29) is 50.8 Å². The number of carbonyl (C=O) groups excluding carboxylic acids is 2. The van der Waals surface area contributed by atoms with Crippen molar-refractivity contribution in [2.24, 2.45) is 0 Å². The van der Waals surface area contributed by atoms with Crippen LogP contribution < -0.4 is 0 Å². The topological polar surface area (TPSA) is 366 Å². The molecule has 38 nitrogen and oxygen atoms in total. The Morgan fingerprint density at radius 2 is 0.376 bits per heavy atom. The first kappa shape index (κ1) is 89.7. The summed E-state index contributed by atoms with van der Waals surface area (Å²) in [6, 6.07) is 5.69. The summed E-state index contributed by atoms with van der Waals surface area (Å²) in [5, 5.41) is 0. The van der Waals surface area contributed by atoms with E-state index in [0.717, 1.165) is 0 Å². The molecule has 0 unspecified atom stereocenters. The van der Waals surface area contributed by atoms with Crippen LogP contribution in [0.3, 0.4) is 0 Å². The molecule has 0 aliphatic carbocycles. The first-order chi connectivity index (χ1) is 53.0. The molecule has 21 fully saturated rings. The minimum Gasteiger partial charge on any atom is -0.465 e. The highest BCUT2D eigenvalue weighted by Crippen LogP contribution is 2.43. The summed E-state index contributed by atoms with van der Waals surface area (Å²) in [4.78, 5) is 26.6. The third kappa shape index (κ3) is 19.9. The Balaban J connectivity index is 1.16. The molecule has 35 atom stereocenters. The summed E-state index contributed by atoms with van der Waals surface area (Å²) in [6.45, 7) is -1.08. The van der Waals surface area contributed by atoms with Crippen LogP contribution >= 0.6 is 0 Å². The molecule has 0 N–H and O–H groups in total. The van der Waals surface area contributed by atoms with E-state index in [1.54, 1.807) is 0 Å². The highest BCUT2D eigenvalue weighted by Gasteiger charge is 2.62. The van der Waals surface area contributed by atoms with Gasteiger partial charge in [0.25, 0.3) is 0 Å². The van der Waals surface area contributed by atoms with Crippen molar-refractivity contribution < 1.29 is 180 Å². The number of hydrogen-bond acceptors (Lipinski definition) is 38. The molecule has 0 radical (unpaired) electrons. The standard InChI is InChI=1S/C71H116O38/c1-74-26-35-42-49(80-7)57(88-15)66(97-35)105-44-37(28-76-3)99-68(59(90-17)51(44)82-9)107-46-39(30-78-5)101-70(61(92-19)53(46)84-11)109-48-41(32-95-64(73)34-24-22-33(23-25-34)63(72)94-21)102-71(62(93-20)55(48)86-13)108-47-40(31-79-6)100-69(60(91-18)54(47)85-12)106-45-38(29-77-4)98-67(58(89-16)52(45)83-10)104-43-36(27-75-2)96-65(103-42)56(87-14)50(43)81-8/h22-25,35-62,65-71H,26-32H2,1-21H3/t35-,36-,37-,38-,39-,40-,41-,42-,43-,44-,45-,46-,47-,48-,49+,50+,51+,52+,53+,54+,55+,56-,57-,58-,59-,60-,61-,62-,65-,66-,67-,68-,69-,70-,71-/m1/s1. The van der Waals surface area contributed by atoms with Crippen LogP contribution in [0.2, 0.25) is 0 Å². The Morgan fingerprint density at radius 3 is 0.523 bits per heavy atom. The fourth-order valence-corrected chi connectivity index (χ4v) is 15.8. The van der Waals surface area contributed by atoms with E-state index < -0.39 is 233 Å². The molecule has 1 aromatic carbocycles. The molecule has 38 heteroatoms. The van der Waals surface area contributed by atoms with Crippen LogP contribution in [0.15, 0.2) is 24.3 Å². The van der Waals surface area contributed by atoms with Gasteiger partial charge in [-0.25, -0.2) is 9.59 Å². The predicted molar refractivity (Wildman–Crippen MR) is 365 cm³/mol. The summed E-state index contributed by atoms with van der Waals surface area (Å²) < 4.78 is 232. The SMILES string of the molecule is COC[C@H]1O[C@@H]2O[C@H]3[C@H](OC)[C@@H](OC)[C@@H](O[C@H]4[C@H](OC)[C@@H](OC)[C@@H](O[C@H]5[C@H](OC)[C@@H](OC)[C@@H](O[C@H]6[C@H](OC)[C@@H](OC)[C@@H](O[C@H]7[C@H](OC)[C@@H](OC)[C@@H](O[C@H]8[C@H](OC)[C@@H](OC)[C@@H](O[C@H]1[C@H](OC)[C@H]2OC)O[C@@H]8COC)O[C@@H]7COC)O[C@@H]6COC)O[C@@H]5COC(=O)c1ccc(C(=O)OC)cc1)O[C@@H]4COC)O[C@@H]3COC. The van der Waals surface area contributed by atoms with Crippen LogP contribution in [-0.4, -0.2) is 422 Å². The van der Waals surface area contributed by atoms with Crippen LogP contribution in [0.5, 0.6) is 0 Å². The second kappa shape index (κ2) is 43.7. The number of hydrogen-bond donors (Lipinski definition) is 0. The van der Waals surface area contributed by atoms with Gasteiger partial charge in [-0.3, -0.25) is 0 Å². The molecule has 628 valence electrons. The Hall–Kier alpha value is -3.20. The van der Waals surface area contributed by atoms with Gasteiger partial charge in [0.05, 0.1) is 57.9 Å². The van der Waals surface area contributed by atoms with Gasteiger partial charge < -0.3 is 171 Å². The van der Waals surface area contributed by atoms with Crippen molar-refractivity contribution in [1.82, 2.24) is 0 Å². The average molecular weight is 1580 g/mol. The zero-order valence-electron chi connectivity index (χ0n) is 66.0. The molecule has 21 aliphatic heterocycles. The van der Waals surface area contributed by atoms with Gasteiger partial charge in [0, 0.05) is 142 Å². The van der Waals surface area contributed by atoms with Crippen molar-refractivity contribution in [2.45, 2.75) is 215 Å². The molecule has 21 saturated heterocycles. The van der Waals surface area contributed by atoms with Crippen molar-refractivity contribution in [3.8, 4) is 0 Å². The van der Waals surface area contributed by atoms with Gasteiger partial charge in [-0.1, -0.05) is 0 Å². The van der Waals surface area contributed by atoms with Gasteiger partial charge in [-0.05, 0) is 24.3 Å². The lowest BCUT2D eigenvalue weighted by Gasteiger charge is -2.52. The summed E-state index contributed by atoms with van der Waals surface area (Å²) in [7, 11) is 30.8. The largest absolute Gasteiger partial charge is 0.465 e. The van der Waals surface area contributed by atoms with Gasteiger partial charge in [0.15, 0.2) is 44.0 Å². The zero-order valence-corrected chi connectivity index (χ0v) is 66.0. The van der Waals surface area contributed by atoms with Gasteiger partial charge in [-0.2, -0.15) is 0 Å². The van der Waals surface area contributed by atoms with E-state index in [0.29, 0.717) is 0 Å². The Kier molecular flexibility index (Phi) is 35.9. The molecule has 21 heterocycles. The lowest BCUT2D eigenvalue weighted by Crippen LogP contribution is -2.69. The van der Waals surface area contributed by atoms with Crippen molar-refractivity contribution in [3.05, 3.63) is 35.4 Å².